The van der Waals surface area contributed by atoms with Crippen LogP contribution in [0.3, 0.4) is 0 Å². The fourth-order valence-electron chi connectivity index (χ4n) is 0.819. The normalized spacial score (nSPS) is 12.9. The maximum atomic E-state index is 7.50. The van der Waals surface area contributed by atoms with Crippen LogP contribution >= 0.6 is 0 Å². The molecule has 0 unspecified atom stereocenters. The van der Waals surface area contributed by atoms with Crippen molar-refractivity contribution in [2.75, 3.05) is 0 Å². The summed E-state index contributed by atoms with van der Waals surface area (Å²) in [6.45, 7) is 11.2. The molecule has 1 aliphatic rings. The van der Waals surface area contributed by atoms with Crippen LogP contribution in [0, 0.1) is 0 Å². The van der Waals surface area contributed by atoms with Crippen molar-refractivity contribution in [2.45, 2.75) is 19.8 Å². The van der Waals surface area contributed by atoms with Crippen molar-refractivity contribution in [2.24, 2.45) is 0 Å². The standard InChI is InChI=1S/C7H9.2CO.Ir/c1-2-7-5-3-4-6-7;2*1-2;/h3,5H,2,4H2,1H3;;;. The first-order valence-corrected chi connectivity index (χ1v) is 4.47. The molecule has 4 radical (unpaired) electrons. The summed E-state index contributed by atoms with van der Waals surface area (Å²) in [4.78, 5) is 15.0. The van der Waals surface area contributed by atoms with Crippen LogP contribution in [0.15, 0.2) is 21.8 Å². The topological polar surface area (TPSA) is 34.1 Å². The molecule has 0 aliphatic heterocycles. The third-order valence-electron chi connectivity index (χ3n) is 1.32. The van der Waals surface area contributed by atoms with Gasteiger partial charge in [0.25, 0.3) is 13.6 Å². The molecule has 2 nitrogen and oxygen atoms in total. The Balaban J connectivity index is 0. The number of carbonyl (C=O) groups excluding carboxylic acids is 2. The van der Waals surface area contributed by atoms with Crippen LogP contribution in [0.25, 0.3) is 0 Å². The molecule has 0 fully saturated rings. The average molecular weight is 341 g/mol. The van der Waals surface area contributed by atoms with Crippen LogP contribution in [0.1, 0.15) is 19.8 Å². The van der Waals surface area contributed by atoms with Crippen molar-refractivity contribution in [3.05, 3.63) is 21.8 Å². The summed E-state index contributed by atoms with van der Waals surface area (Å²) in [6.07, 6.45) is 6.84. The Morgan fingerprint density at radius 1 is 1.42 bits per heavy atom. The molecule has 66 valence electrons. The van der Waals surface area contributed by atoms with E-state index in [9.17, 15) is 0 Å². The first-order chi connectivity index (χ1) is 5.84. The van der Waals surface area contributed by atoms with Crippen molar-refractivity contribution >= 4 is 13.6 Å². The van der Waals surface area contributed by atoms with Gasteiger partial charge in [-0.2, -0.15) is 0 Å². The fraction of sp³-hybridized carbons (Fsp3) is 0.333. The van der Waals surface area contributed by atoms with Gasteiger partial charge in [0.15, 0.2) is 0 Å². The molecule has 1 aliphatic carbocycles. The Bertz CT molecular complexity index is 171. The van der Waals surface area contributed by atoms with E-state index in [0.717, 1.165) is 0 Å². The number of rotatable bonds is 1. The van der Waals surface area contributed by atoms with E-state index in [0.29, 0.717) is 0 Å². The molecule has 12 heavy (non-hydrogen) atoms. The molecule has 3 heteroatoms. The van der Waals surface area contributed by atoms with Crippen molar-refractivity contribution in [3.8, 4) is 0 Å². The zero-order chi connectivity index (χ0) is 9.98. The second kappa shape index (κ2) is 10.5. The molecule has 0 spiro atoms. The predicted molar refractivity (Wildman–Crippen MR) is 42.5 cm³/mol. The quantitative estimate of drug-likeness (QED) is 0.722. The Hall–Kier alpha value is -0.531. The van der Waals surface area contributed by atoms with Gasteiger partial charge in [0, 0.05) is 0 Å². The summed E-state index contributed by atoms with van der Waals surface area (Å²) >= 11 is 2.21. The van der Waals surface area contributed by atoms with Crippen LogP contribution in [0.4, 0.5) is 0 Å². The Labute approximate surface area is 83.9 Å². The fourth-order valence-corrected chi connectivity index (χ4v) is 1.72. The SMILES string of the molecule is CCC1=[C]([Ir])CC=C1.[C]=O.[C]=O. The molecule has 0 N–H and O–H groups in total. The third kappa shape index (κ3) is 5.16. The second-order valence-electron chi connectivity index (χ2n) is 1.86. The molecule has 0 amide bonds. The van der Waals surface area contributed by atoms with Crippen LogP contribution < -0.4 is 0 Å². The van der Waals surface area contributed by atoms with E-state index in [1.807, 2.05) is 0 Å². The average Bonchev–Trinajstić information content (AvgIpc) is 2.58. The molecule has 1 rings (SSSR count). The van der Waals surface area contributed by atoms with E-state index in [4.69, 9.17) is 9.59 Å². The Morgan fingerprint density at radius 2 is 1.92 bits per heavy atom. The van der Waals surface area contributed by atoms with Gasteiger partial charge in [-0.25, -0.2) is 0 Å². The summed E-state index contributed by atoms with van der Waals surface area (Å²) in [5.74, 6) is 0. The predicted octanol–water partition coefficient (Wildman–Crippen LogP) is 1.36. The van der Waals surface area contributed by atoms with E-state index < -0.39 is 0 Å². The van der Waals surface area contributed by atoms with Gasteiger partial charge in [-0.05, 0) is 0 Å². The first-order valence-electron chi connectivity index (χ1n) is 3.27. The van der Waals surface area contributed by atoms with Crippen molar-refractivity contribution in [1.29, 1.82) is 0 Å². The summed E-state index contributed by atoms with van der Waals surface area (Å²) < 4.78 is 1.55. The minimum Gasteiger partial charge on any atom is -0.281 e. The van der Waals surface area contributed by atoms with Crippen molar-refractivity contribution in [1.82, 2.24) is 0 Å². The van der Waals surface area contributed by atoms with Gasteiger partial charge in [-0.1, -0.05) is 0 Å². The molecule has 0 aromatic carbocycles. The minimum absolute atomic E-state index is 1.18. The first kappa shape index (κ1) is 14.0. The number of hydrogen-bond acceptors (Lipinski definition) is 2. The maximum Gasteiger partial charge on any atom is 0.281 e. The van der Waals surface area contributed by atoms with E-state index in [1.165, 1.54) is 18.4 Å². The largest absolute Gasteiger partial charge is 0.281 e. The van der Waals surface area contributed by atoms with Gasteiger partial charge >= 0.3 is 60.5 Å². The minimum atomic E-state index is 1.18. The molecule has 0 atom stereocenters. The van der Waals surface area contributed by atoms with Gasteiger partial charge in [0.2, 0.25) is 0 Å². The Kier molecular flexibility index (Phi) is 12.2. The van der Waals surface area contributed by atoms with Crippen LogP contribution in [-0.4, -0.2) is 13.6 Å². The van der Waals surface area contributed by atoms with E-state index in [2.05, 4.69) is 51.6 Å². The summed E-state index contributed by atoms with van der Waals surface area (Å²) in [5.41, 5.74) is 1.53. The molecular formula is C9H9IrO2. The molecule has 0 aromatic heterocycles. The third-order valence-corrected chi connectivity index (χ3v) is 2.58. The monoisotopic (exact) mass is 342 g/mol. The van der Waals surface area contributed by atoms with Crippen LogP contribution in [0.5, 0.6) is 0 Å². The number of hydrogen-bond donors (Lipinski definition) is 0. The van der Waals surface area contributed by atoms with Gasteiger partial charge in [-0.3, -0.25) is 9.59 Å². The summed E-state index contributed by atoms with van der Waals surface area (Å²) in [7, 11) is 0. The Morgan fingerprint density at radius 3 is 2.08 bits per heavy atom. The second-order valence-corrected chi connectivity index (χ2v) is 3.31. The summed E-state index contributed by atoms with van der Waals surface area (Å²) in [6, 6.07) is 0. The van der Waals surface area contributed by atoms with Crippen LogP contribution in [-0.2, 0) is 28.5 Å². The molecule has 0 saturated carbocycles. The molecule has 0 heterocycles. The maximum absolute atomic E-state index is 7.50. The number of allylic oxidation sites excluding steroid dienone is 4. The van der Waals surface area contributed by atoms with Crippen molar-refractivity contribution < 1.29 is 28.5 Å². The zero-order valence-corrected chi connectivity index (χ0v) is 9.11. The van der Waals surface area contributed by atoms with E-state index >= 15 is 0 Å². The molecule has 0 aromatic rings. The molecule has 0 bridgehead atoms. The smallest absolute Gasteiger partial charge is 0.281 e. The van der Waals surface area contributed by atoms with Gasteiger partial charge < -0.3 is 0 Å². The van der Waals surface area contributed by atoms with Gasteiger partial charge in [-0.15, -0.1) is 0 Å². The molecule has 0 saturated heterocycles. The zero-order valence-electron chi connectivity index (χ0n) is 6.72. The van der Waals surface area contributed by atoms with E-state index in [-0.39, 0.29) is 0 Å². The van der Waals surface area contributed by atoms with Crippen molar-refractivity contribution in [3.63, 3.8) is 0 Å². The summed E-state index contributed by atoms with van der Waals surface area (Å²) in [5, 5.41) is 0. The van der Waals surface area contributed by atoms with E-state index in [1.54, 1.807) is 4.09 Å². The van der Waals surface area contributed by atoms with Gasteiger partial charge in [0.1, 0.15) is 0 Å². The van der Waals surface area contributed by atoms with Gasteiger partial charge in [0.05, 0.1) is 0 Å². The molecular weight excluding hydrogens is 332 g/mol. The van der Waals surface area contributed by atoms with Crippen LogP contribution in [0.2, 0.25) is 0 Å².